The molecule has 1 aliphatic heterocycles. The van der Waals surface area contributed by atoms with Gasteiger partial charge in [0.1, 0.15) is 6.17 Å². The van der Waals surface area contributed by atoms with Gasteiger partial charge in [-0.05, 0) is 54.8 Å². The van der Waals surface area contributed by atoms with Gasteiger partial charge in [0.25, 0.3) is 0 Å². The minimum Gasteiger partial charge on any atom is -0.301 e. The third-order valence-electron chi connectivity index (χ3n) is 5.23. The van der Waals surface area contributed by atoms with Crippen molar-refractivity contribution in [2.75, 3.05) is 9.80 Å². The smallest absolute Gasteiger partial charge is 0.179 e. The Balaban J connectivity index is 1.94. The predicted molar refractivity (Wildman–Crippen MR) is 110 cm³/mol. The first kappa shape index (κ1) is 17.0. The highest BCUT2D eigenvalue weighted by atomic mass is 32.1. The van der Waals surface area contributed by atoms with Gasteiger partial charge in [-0.1, -0.05) is 32.0 Å². The number of rotatable bonds is 5. The molecule has 0 saturated carbocycles. The second-order valence-corrected chi connectivity index (χ2v) is 7.60. The zero-order valence-corrected chi connectivity index (χ0v) is 16.3. The first-order chi connectivity index (χ1) is 12.8. The number of hydrogen-bond acceptors (Lipinski definition) is 5. The molecule has 4 rings (SSSR count). The van der Waals surface area contributed by atoms with Gasteiger partial charge in [-0.25, -0.2) is 9.97 Å². The molecule has 0 amide bonds. The van der Waals surface area contributed by atoms with E-state index < -0.39 is 0 Å². The van der Waals surface area contributed by atoms with Crippen LogP contribution in [0.4, 0.5) is 22.3 Å². The van der Waals surface area contributed by atoms with E-state index in [4.69, 9.17) is 9.97 Å². The number of para-hydroxylation sites is 1. The summed E-state index contributed by atoms with van der Waals surface area (Å²) >= 11 is 1.76. The number of benzene rings is 1. The first-order valence-corrected chi connectivity index (χ1v) is 10.1. The quantitative estimate of drug-likeness (QED) is 0.564. The van der Waals surface area contributed by atoms with Crippen LogP contribution < -0.4 is 9.80 Å². The van der Waals surface area contributed by atoms with Crippen LogP contribution in [0.15, 0.2) is 54.2 Å². The van der Waals surface area contributed by atoms with Crippen LogP contribution >= 0.6 is 11.3 Å². The van der Waals surface area contributed by atoms with Gasteiger partial charge in [0.2, 0.25) is 0 Å². The Labute approximate surface area is 159 Å². The van der Waals surface area contributed by atoms with Crippen LogP contribution in [0.5, 0.6) is 0 Å². The number of hydrogen-bond donors (Lipinski definition) is 0. The molecule has 0 radical (unpaired) electrons. The van der Waals surface area contributed by atoms with Gasteiger partial charge in [0, 0.05) is 18.1 Å². The lowest BCUT2D eigenvalue weighted by atomic mass is 9.97. The Morgan fingerprint density at radius 3 is 2.27 bits per heavy atom. The van der Waals surface area contributed by atoms with E-state index in [1.165, 1.54) is 16.3 Å². The maximum absolute atomic E-state index is 4.75. The molecule has 134 valence electrons. The first-order valence-electron chi connectivity index (χ1n) is 9.24. The summed E-state index contributed by atoms with van der Waals surface area (Å²) in [7, 11) is 0. The maximum Gasteiger partial charge on any atom is 0.179 e. The molecule has 4 nitrogen and oxygen atoms in total. The van der Waals surface area contributed by atoms with Crippen LogP contribution in [-0.2, 0) is 0 Å². The highest BCUT2D eigenvalue weighted by molar-refractivity contribution is 7.14. The topological polar surface area (TPSA) is 32.3 Å². The lowest BCUT2D eigenvalue weighted by Gasteiger charge is -2.37. The fraction of sp³-hybridized carbons (Fsp3) is 0.333. The molecule has 0 aliphatic carbocycles. The molecule has 26 heavy (non-hydrogen) atoms. The molecule has 1 aromatic carbocycles. The summed E-state index contributed by atoms with van der Waals surface area (Å²) in [4.78, 5) is 14.3. The summed E-state index contributed by atoms with van der Waals surface area (Å²) in [6.07, 6.45) is 6.00. The SMILES string of the molecule is CCC(CC)C1N(c2cccs2)c2nccnc2N1c1ccccc1C. The van der Waals surface area contributed by atoms with E-state index in [9.17, 15) is 0 Å². The molecule has 0 N–H and O–H groups in total. The number of nitrogens with zero attached hydrogens (tertiary/aromatic N) is 4. The third-order valence-corrected chi connectivity index (χ3v) is 6.10. The van der Waals surface area contributed by atoms with Gasteiger partial charge in [0.15, 0.2) is 11.6 Å². The number of thiophene rings is 1. The highest BCUT2D eigenvalue weighted by Gasteiger charge is 2.43. The van der Waals surface area contributed by atoms with Gasteiger partial charge in [-0.2, -0.15) is 0 Å². The summed E-state index contributed by atoms with van der Waals surface area (Å²) in [6.45, 7) is 6.73. The summed E-state index contributed by atoms with van der Waals surface area (Å²) in [5.74, 6) is 2.41. The summed E-state index contributed by atoms with van der Waals surface area (Å²) < 4.78 is 0. The van der Waals surface area contributed by atoms with Crippen LogP contribution in [0, 0.1) is 12.8 Å². The van der Waals surface area contributed by atoms with E-state index in [1.54, 1.807) is 23.7 Å². The van der Waals surface area contributed by atoms with E-state index in [0.29, 0.717) is 5.92 Å². The largest absolute Gasteiger partial charge is 0.301 e. The van der Waals surface area contributed by atoms with E-state index in [1.807, 2.05) is 0 Å². The average molecular weight is 365 g/mol. The Hall–Kier alpha value is -2.40. The second kappa shape index (κ2) is 7.08. The van der Waals surface area contributed by atoms with Crippen molar-refractivity contribution in [1.29, 1.82) is 0 Å². The minimum atomic E-state index is 0.183. The lowest BCUT2D eigenvalue weighted by Crippen LogP contribution is -2.44. The molecule has 2 aromatic heterocycles. The molecule has 1 unspecified atom stereocenters. The maximum atomic E-state index is 4.75. The number of anilines is 4. The molecule has 1 aliphatic rings. The summed E-state index contributed by atoms with van der Waals surface area (Å²) in [5.41, 5.74) is 2.47. The van der Waals surface area contributed by atoms with Gasteiger partial charge < -0.3 is 4.90 Å². The van der Waals surface area contributed by atoms with E-state index in [-0.39, 0.29) is 6.17 Å². The molecular formula is C21H24N4S. The zero-order chi connectivity index (χ0) is 18.1. The molecule has 3 heterocycles. The second-order valence-electron chi connectivity index (χ2n) is 6.67. The van der Waals surface area contributed by atoms with Crippen LogP contribution in [0.3, 0.4) is 0 Å². The van der Waals surface area contributed by atoms with E-state index in [0.717, 1.165) is 24.5 Å². The monoisotopic (exact) mass is 364 g/mol. The lowest BCUT2D eigenvalue weighted by molar-refractivity contribution is 0.404. The van der Waals surface area contributed by atoms with Crippen LogP contribution in [0.25, 0.3) is 0 Å². The average Bonchev–Trinajstić information content (AvgIpc) is 3.29. The molecule has 0 bridgehead atoms. The molecular weight excluding hydrogens is 340 g/mol. The molecule has 0 spiro atoms. The number of fused-ring (bicyclic) bond motifs is 1. The van der Waals surface area contributed by atoms with Crippen molar-refractivity contribution in [3.63, 3.8) is 0 Å². The van der Waals surface area contributed by atoms with Crippen molar-refractivity contribution >= 4 is 33.7 Å². The normalized spacial score (nSPS) is 16.4. The summed E-state index contributed by atoms with van der Waals surface area (Å²) in [6, 6.07) is 12.9. The van der Waals surface area contributed by atoms with Crippen LogP contribution in [-0.4, -0.2) is 16.1 Å². The summed E-state index contributed by atoms with van der Waals surface area (Å²) in [5, 5.41) is 3.35. The van der Waals surface area contributed by atoms with E-state index >= 15 is 0 Å². The highest BCUT2D eigenvalue weighted by Crippen LogP contribution is 2.49. The Bertz CT molecular complexity index is 873. The van der Waals surface area contributed by atoms with Crippen LogP contribution in [0.2, 0.25) is 0 Å². The fourth-order valence-electron chi connectivity index (χ4n) is 3.89. The van der Waals surface area contributed by atoms with Crippen molar-refractivity contribution < 1.29 is 0 Å². The Morgan fingerprint density at radius 1 is 0.962 bits per heavy atom. The van der Waals surface area contributed by atoms with Crippen LogP contribution in [0.1, 0.15) is 32.3 Å². The van der Waals surface area contributed by atoms with Gasteiger partial charge in [-0.3, -0.25) is 4.90 Å². The minimum absolute atomic E-state index is 0.183. The van der Waals surface area contributed by atoms with Gasteiger partial charge in [-0.15, -0.1) is 11.3 Å². The number of aryl methyl sites for hydroxylation is 1. The predicted octanol–water partition coefficient (Wildman–Crippen LogP) is 5.90. The van der Waals surface area contributed by atoms with Crippen molar-refractivity contribution in [2.45, 2.75) is 39.8 Å². The molecule has 1 atom stereocenters. The molecule has 0 saturated heterocycles. The zero-order valence-electron chi connectivity index (χ0n) is 15.5. The standard InChI is InChI=1S/C21H24N4S/c1-4-16(5-2)21-24(17-10-7-6-9-15(17)3)19-20(23-13-12-22-19)25(21)18-11-8-14-26-18/h6-14,16,21H,4-5H2,1-3H3. The van der Waals surface area contributed by atoms with Gasteiger partial charge in [0.05, 0.1) is 5.00 Å². The number of aromatic nitrogens is 2. The van der Waals surface area contributed by atoms with Gasteiger partial charge >= 0.3 is 0 Å². The fourth-order valence-corrected chi connectivity index (χ4v) is 4.65. The van der Waals surface area contributed by atoms with Crippen molar-refractivity contribution in [3.8, 4) is 0 Å². The Kier molecular flexibility index (Phi) is 4.64. The molecule has 3 aromatic rings. The van der Waals surface area contributed by atoms with Crippen molar-refractivity contribution in [3.05, 3.63) is 59.7 Å². The van der Waals surface area contributed by atoms with Crippen molar-refractivity contribution in [2.24, 2.45) is 5.92 Å². The molecule has 5 heteroatoms. The third kappa shape index (κ3) is 2.67. The Morgan fingerprint density at radius 2 is 1.65 bits per heavy atom. The van der Waals surface area contributed by atoms with Crippen molar-refractivity contribution in [1.82, 2.24) is 9.97 Å². The molecule has 0 fully saturated rings. The van der Waals surface area contributed by atoms with E-state index in [2.05, 4.69) is 72.3 Å².